The van der Waals surface area contributed by atoms with Gasteiger partial charge in [0.2, 0.25) is 9.84 Å². The molecule has 0 spiro atoms. The Morgan fingerprint density at radius 1 is 1.09 bits per heavy atom. The van der Waals surface area contributed by atoms with Crippen LogP contribution in [0.15, 0.2) is 63.5 Å². The van der Waals surface area contributed by atoms with Crippen molar-refractivity contribution in [1.82, 2.24) is 24.5 Å². The summed E-state index contributed by atoms with van der Waals surface area (Å²) in [5.74, 6) is 0.775. The fourth-order valence-electron chi connectivity index (χ4n) is 4.47. The molecule has 0 saturated carbocycles. The molecule has 6 rings (SSSR count). The molecule has 3 aromatic heterocycles. The first-order valence-electron chi connectivity index (χ1n) is 11.5. The van der Waals surface area contributed by atoms with Crippen molar-refractivity contribution in [2.45, 2.75) is 48.4 Å². The van der Waals surface area contributed by atoms with Crippen LogP contribution in [0.4, 0.5) is 0 Å². The normalized spacial score (nSPS) is 17.9. The third kappa shape index (κ3) is 4.00. The highest BCUT2D eigenvalue weighted by atomic mass is 32.2. The predicted molar refractivity (Wildman–Crippen MR) is 125 cm³/mol. The number of pyridine rings is 1. The Bertz CT molecular complexity index is 1590. The Labute approximate surface area is 201 Å². The Morgan fingerprint density at radius 2 is 2.00 bits per heavy atom. The molecule has 0 bridgehead atoms. The molecule has 10 nitrogen and oxygen atoms in total. The summed E-state index contributed by atoms with van der Waals surface area (Å²) in [6, 6.07) is 9.57. The second-order valence-corrected chi connectivity index (χ2v) is 10.6. The number of sulfone groups is 1. The number of ether oxygens (including phenoxy) is 2. The van der Waals surface area contributed by atoms with Crippen molar-refractivity contribution >= 4 is 20.6 Å². The van der Waals surface area contributed by atoms with Crippen LogP contribution in [0.2, 0.25) is 0 Å². The second kappa shape index (κ2) is 8.58. The highest BCUT2D eigenvalue weighted by Crippen LogP contribution is 2.26. The summed E-state index contributed by atoms with van der Waals surface area (Å²) in [4.78, 5) is 17.7. The first kappa shape index (κ1) is 21.9. The Morgan fingerprint density at radius 3 is 2.86 bits per heavy atom. The van der Waals surface area contributed by atoms with Crippen molar-refractivity contribution in [2.75, 3.05) is 13.2 Å². The van der Waals surface area contributed by atoms with Gasteiger partial charge in [-0.25, -0.2) is 17.8 Å². The summed E-state index contributed by atoms with van der Waals surface area (Å²) in [5.41, 5.74) is 1.27. The maximum Gasteiger partial charge on any atom is 0.274 e. The molecule has 0 N–H and O–H groups in total. The van der Waals surface area contributed by atoms with Crippen molar-refractivity contribution < 1.29 is 17.9 Å². The van der Waals surface area contributed by atoms with E-state index in [4.69, 9.17) is 9.47 Å². The molecule has 1 saturated heterocycles. The van der Waals surface area contributed by atoms with Crippen molar-refractivity contribution in [1.29, 1.82) is 0 Å². The van der Waals surface area contributed by atoms with E-state index < -0.39 is 9.84 Å². The number of nitrogens with zero attached hydrogens (tertiary/aromatic N) is 5. The van der Waals surface area contributed by atoms with E-state index in [2.05, 4.69) is 15.2 Å². The van der Waals surface area contributed by atoms with Gasteiger partial charge in [0.1, 0.15) is 12.0 Å². The third-order valence-electron chi connectivity index (χ3n) is 6.34. The first-order chi connectivity index (χ1) is 17.0. The van der Waals surface area contributed by atoms with Gasteiger partial charge in [0.05, 0.1) is 41.0 Å². The average molecular weight is 494 g/mol. The first-order valence-corrected chi connectivity index (χ1v) is 13.0. The Hall–Kier alpha value is -3.57. The standard InChI is InChI=1S/C24H23N5O5S/c30-24-19-6-5-18(35(31,32)22-8-10-28(27-22)23-3-1-2-11-34-23)13-16(19)14-25-29(24)15-17-4-7-21-20(26-17)9-12-33-21/h4-8,10,13-14,23H,1-3,9,11-12,15H2. The highest BCUT2D eigenvalue weighted by molar-refractivity contribution is 7.91. The molecular formula is C24H23N5O5S. The van der Waals surface area contributed by atoms with Crippen LogP contribution in [0.5, 0.6) is 5.75 Å². The number of fused-ring (bicyclic) bond motifs is 2. The van der Waals surface area contributed by atoms with Gasteiger partial charge in [0.15, 0.2) is 5.03 Å². The van der Waals surface area contributed by atoms with Gasteiger partial charge in [-0.05, 0) is 55.7 Å². The minimum Gasteiger partial charge on any atom is -0.491 e. The lowest BCUT2D eigenvalue weighted by Crippen LogP contribution is -2.24. The lowest BCUT2D eigenvalue weighted by Gasteiger charge is -2.22. The van der Waals surface area contributed by atoms with Crippen LogP contribution >= 0.6 is 0 Å². The number of benzene rings is 1. The van der Waals surface area contributed by atoms with Crippen LogP contribution in [0.3, 0.4) is 0 Å². The van der Waals surface area contributed by atoms with E-state index >= 15 is 0 Å². The lowest BCUT2D eigenvalue weighted by molar-refractivity contribution is -0.0401. The maximum atomic E-state index is 13.2. The minimum atomic E-state index is -3.87. The Balaban J connectivity index is 1.29. The molecule has 35 heavy (non-hydrogen) atoms. The van der Waals surface area contributed by atoms with Crippen LogP contribution in [-0.4, -0.2) is 46.2 Å². The summed E-state index contributed by atoms with van der Waals surface area (Å²) < 4.78 is 40.5. The monoisotopic (exact) mass is 493 g/mol. The summed E-state index contributed by atoms with van der Waals surface area (Å²) in [6.07, 6.45) is 6.42. The van der Waals surface area contributed by atoms with Gasteiger partial charge in [-0.1, -0.05) is 0 Å². The number of rotatable bonds is 5. The van der Waals surface area contributed by atoms with Gasteiger partial charge in [0.25, 0.3) is 5.56 Å². The fourth-order valence-corrected chi connectivity index (χ4v) is 5.68. The summed E-state index contributed by atoms with van der Waals surface area (Å²) in [6.45, 7) is 1.46. The molecule has 5 heterocycles. The van der Waals surface area contributed by atoms with E-state index in [-0.39, 0.29) is 28.3 Å². The minimum absolute atomic E-state index is 0.0547. The summed E-state index contributed by atoms with van der Waals surface area (Å²) in [7, 11) is -3.87. The zero-order valence-electron chi connectivity index (χ0n) is 18.8. The molecule has 2 aliphatic rings. The fraction of sp³-hybridized carbons (Fsp3) is 0.333. The number of hydrogen-bond donors (Lipinski definition) is 0. The SMILES string of the molecule is O=c1c2ccc(S(=O)(=O)c3ccn(C4CCCCO4)n3)cc2cnn1Cc1ccc2c(n1)CCO2. The van der Waals surface area contributed by atoms with Gasteiger partial charge in [-0.2, -0.15) is 10.2 Å². The van der Waals surface area contributed by atoms with Crippen LogP contribution in [0, 0.1) is 0 Å². The lowest BCUT2D eigenvalue weighted by atomic mass is 10.2. The maximum absolute atomic E-state index is 13.2. The Kier molecular flexibility index (Phi) is 5.37. The van der Waals surface area contributed by atoms with Gasteiger partial charge < -0.3 is 9.47 Å². The quantitative estimate of drug-likeness (QED) is 0.416. The van der Waals surface area contributed by atoms with E-state index in [0.29, 0.717) is 29.7 Å². The molecule has 180 valence electrons. The summed E-state index contributed by atoms with van der Waals surface area (Å²) in [5, 5.41) is 9.29. The van der Waals surface area contributed by atoms with Crippen LogP contribution in [0.25, 0.3) is 10.8 Å². The van der Waals surface area contributed by atoms with Gasteiger partial charge >= 0.3 is 0 Å². The predicted octanol–water partition coefficient (Wildman–Crippen LogP) is 2.50. The molecule has 0 aliphatic carbocycles. The topological polar surface area (TPSA) is 118 Å². The largest absolute Gasteiger partial charge is 0.491 e. The van der Waals surface area contributed by atoms with Crippen molar-refractivity contribution in [3.05, 3.63) is 70.5 Å². The van der Waals surface area contributed by atoms with Crippen LogP contribution < -0.4 is 10.3 Å². The van der Waals surface area contributed by atoms with Gasteiger partial charge in [0, 0.05) is 24.6 Å². The zero-order valence-corrected chi connectivity index (χ0v) is 19.6. The molecule has 1 unspecified atom stereocenters. The van der Waals surface area contributed by atoms with E-state index in [0.717, 1.165) is 37.1 Å². The number of hydrogen-bond acceptors (Lipinski definition) is 8. The smallest absolute Gasteiger partial charge is 0.274 e. The molecule has 4 aromatic rings. The molecule has 1 aromatic carbocycles. The van der Waals surface area contributed by atoms with Crippen molar-refractivity contribution in [2.24, 2.45) is 0 Å². The van der Waals surface area contributed by atoms with Gasteiger partial charge in [-0.15, -0.1) is 0 Å². The molecule has 11 heteroatoms. The third-order valence-corrected chi connectivity index (χ3v) is 7.99. The second-order valence-electron chi connectivity index (χ2n) is 8.66. The van der Waals surface area contributed by atoms with E-state index in [1.165, 1.54) is 35.1 Å². The molecular weight excluding hydrogens is 470 g/mol. The van der Waals surface area contributed by atoms with Gasteiger partial charge in [-0.3, -0.25) is 9.78 Å². The van der Waals surface area contributed by atoms with Crippen LogP contribution in [0.1, 0.15) is 36.9 Å². The summed E-state index contributed by atoms with van der Waals surface area (Å²) >= 11 is 0. The molecule has 1 atom stereocenters. The van der Waals surface area contributed by atoms with Crippen molar-refractivity contribution in [3.8, 4) is 5.75 Å². The highest BCUT2D eigenvalue weighted by Gasteiger charge is 2.24. The van der Waals surface area contributed by atoms with E-state index in [1.54, 1.807) is 10.9 Å². The molecule has 1 fully saturated rings. The zero-order chi connectivity index (χ0) is 24.0. The van der Waals surface area contributed by atoms with E-state index in [1.807, 2.05) is 12.1 Å². The average Bonchev–Trinajstić information content (AvgIpc) is 3.56. The molecule has 0 radical (unpaired) electrons. The van der Waals surface area contributed by atoms with Crippen LogP contribution in [-0.2, 0) is 27.5 Å². The number of aromatic nitrogens is 5. The molecule has 2 aliphatic heterocycles. The van der Waals surface area contributed by atoms with E-state index in [9.17, 15) is 13.2 Å². The van der Waals surface area contributed by atoms with Crippen molar-refractivity contribution in [3.63, 3.8) is 0 Å². The molecule has 0 amide bonds.